The van der Waals surface area contributed by atoms with Gasteiger partial charge in [-0.1, -0.05) is 0 Å². The highest BCUT2D eigenvalue weighted by Crippen LogP contribution is 2.42. The van der Waals surface area contributed by atoms with Crippen molar-refractivity contribution in [1.29, 1.82) is 0 Å². The van der Waals surface area contributed by atoms with Crippen LogP contribution in [-0.2, 0) is 15.6 Å². The Morgan fingerprint density at radius 1 is 1.26 bits per heavy atom. The molecule has 3 rings (SSSR count). The van der Waals surface area contributed by atoms with E-state index in [4.69, 9.17) is 0 Å². The number of carboxylic acid groups (broad SMARTS) is 1. The number of hydrogen-bond donors (Lipinski definition) is 2. The number of nitrogens with zero attached hydrogens (tertiary/aromatic N) is 1. The molecule has 0 spiro atoms. The van der Waals surface area contributed by atoms with Crippen molar-refractivity contribution in [2.75, 3.05) is 31.1 Å². The average Bonchev–Trinajstić information content (AvgIpc) is 3.24. The summed E-state index contributed by atoms with van der Waals surface area (Å²) >= 11 is 0. The molecule has 2 aliphatic carbocycles. The Bertz CT molecular complexity index is 385. The molecule has 1 saturated heterocycles. The minimum Gasteiger partial charge on any atom is -0.480 e. The maximum absolute atomic E-state index is 11.9. The smallest absolute Gasteiger partial charge is 0.325 e. The third-order valence-corrected chi connectivity index (χ3v) is 5.71. The van der Waals surface area contributed by atoms with Gasteiger partial charge in [0.1, 0.15) is 5.54 Å². The summed E-state index contributed by atoms with van der Waals surface area (Å²) in [5.41, 5.74) is -0.764. The number of nitrogens with one attached hydrogen (secondary N) is 1. The first-order chi connectivity index (χ1) is 9.10. The largest absolute Gasteiger partial charge is 0.480 e. The molecular weight excluding hydrogens is 264 g/mol. The van der Waals surface area contributed by atoms with E-state index < -0.39 is 22.3 Å². The monoisotopic (exact) mass is 286 g/mol. The molecule has 5 nitrogen and oxygen atoms in total. The van der Waals surface area contributed by atoms with Gasteiger partial charge in [0.05, 0.1) is 0 Å². The van der Waals surface area contributed by atoms with Crippen LogP contribution in [0, 0.1) is 5.92 Å². The fourth-order valence-electron chi connectivity index (χ4n) is 2.95. The van der Waals surface area contributed by atoms with Crippen LogP contribution in [0.5, 0.6) is 0 Å². The van der Waals surface area contributed by atoms with E-state index in [0.717, 1.165) is 38.8 Å². The van der Waals surface area contributed by atoms with E-state index in [0.29, 0.717) is 24.1 Å². The van der Waals surface area contributed by atoms with Gasteiger partial charge in [-0.05, 0) is 31.6 Å². The average molecular weight is 286 g/mol. The molecule has 0 radical (unpaired) electrons. The Kier molecular flexibility index (Phi) is 3.66. The first kappa shape index (κ1) is 13.5. The molecule has 2 N–H and O–H groups in total. The van der Waals surface area contributed by atoms with E-state index in [1.54, 1.807) is 0 Å². The van der Waals surface area contributed by atoms with Crippen LogP contribution in [0.4, 0.5) is 0 Å². The lowest BCUT2D eigenvalue weighted by Gasteiger charge is -2.37. The van der Waals surface area contributed by atoms with Gasteiger partial charge >= 0.3 is 5.97 Å². The molecule has 0 aromatic rings. The summed E-state index contributed by atoms with van der Waals surface area (Å²) in [7, 11) is -0.703. The number of carboxylic acids is 1. The van der Waals surface area contributed by atoms with E-state index >= 15 is 0 Å². The zero-order valence-electron chi connectivity index (χ0n) is 11.1. The highest BCUT2D eigenvalue weighted by molar-refractivity contribution is 7.85. The molecule has 6 heteroatoms. The molecular formula is C13H22N2O3S. The third kappa shape index (κ3) is 3.01. The first-order valence-electron chi connectivity index (χ1n) is 7.18. The lowest BCUT2D eigenvalue weighted by atomic mass is 9.92. The van der Waals surface area contributed by atoms with Crippen LogP contribution < -0.4 is 5.32 Å². The molecule has 1 atom stereocenters. The standard InChI is InChI=1S/C13H22N2O3S/c16-12(17)13(10-1-2-10,14-11-3-4-11)9-15-5-7-19(18)8-6-15/h10-11,14H,1-9H2,(H,16,17). The SMILES string of the molecule is O=C(O)C(CN1CCS(=O)CC1)(NC1CC1)C1CC1. The Labute approximate surface area is 116 Å². The Morgan fingerprint density at radius 2 is 1.89 bits per heavy atom. The highest BCUT2D eigenvalue weighted by Gasteiger charge is 2.54. The summed E-state index contributed by atoms with van der Waals surface area (Å²) in [6.07, 6.45) is 4.25. The van der Waals surface area contributed by atoms with Gasteiger partial charge in [0, 0.05) is 48.0 Å². The van der Waals surface area contributed by atoms with Crippen LogP contribution in [0.3, 0.4) is 0 Å². The number of rotatable bonds is 6. The third-order valence-electron chi connectivity index (χ3n) is 4.44. The predicted molar refractivity (Wildman–Crippen MR) is 73.6 cm³/mol. The lowest BCUT2D eigenvalue weighted by Crippen LogP contribution is -2.62. The second kappa shape index (κ2) is 5.14. The van der Waals surface area contributed by atoms with Crippen LogP contribution in [0.25, 0.3) is 0 Å². The van der Waals surface area contributed by atoms with Crippen molar-refractivity contribution in [3.63, 3.8) is 0 Å². The van der Waals surface area contributed by atoms with Crippen molar-refractivity contribution in [2.45, 2.75) is 37.3 Å². The van der Waals surface area contributed by atoms with Gasteiger partial charge in [0.2, 0.25) is 0 Å². The van der Waals surface area contributed by atoms with Crippen molar-refractivity contribution < 1.29 is 14.1 Å². The van der Waals surface area contributed by atoms with Crippen molar-refractivity contribution >= 4 is 16.8 Å². The maximum atomic E-state index is 11.9. The van der Waals surface area contributed by atoms with Crippen LogP contribution in [0.1, 0.15) is 25.7 Å². The van der Waals surface area contributed by atoms with E-state index in [1.165, 1.54) is 0 Å². The van der Waals surface area contributed by atoms with Crippen LogP contribution in [0.15, 0.2) is 0 Å². The zero-order valence-corrected chi connectivity index (χ0v) is 12.0. The summed E-state index contributed by atoms with van der Waals surface area (Å²) < 4.78 is 11.4. The second-order valence-electron chi connectivity index (χ2n) is 6.09. The summed E-state index contributed by atoms with van der Waals surface area (Å²) in [5, 5.41) is 13.2. The van der Waals surface area contributed by atoms with E-state index in [9.17, 15) is 14.1 Å². The molecule has 0 aromatic heterocycles. The van der Waals surface area contributed by atoms with Crippen LogP contribution in [-0.4, -0.2) is 62.9 Å². The molecule has 0 aromatic carbocycles. The van der Waals surface area contributed by atoms with Gasteiger partial charge in [-0.2, -0.15) is 0 Å². The summed E-state index contributed by atoms with van der Waals surface area (Å²) in [4.78, 5) is 14.0. The maximum Gasteiger partial charge on any atom is 0.325 e. The van der Waals surface area contributed by atoms with E-state index in [-0.39, 0.29) is 5.92 Å². The van der Waals surface area contributed by atoms with Crippen LogP contribution in [0.2, 0.25) is 0 Å². The minimum absolute atomic E-state index is 0.276. The first-order valence-corrected chi connectivity index (χ1v) is 8.67. The molecule has 1 aliphatic heterocycles. The van der Waals surface area contributed by atoms with Crippen molar-refractivity contribution in [3.05, 3.63) is 0 Å². The molecule has 3 aliphatic rings. The fourth-order valence-corrected chi connectivity index (χ4v) is 4.08. The fraction of sp³-hybridized carbons (Fsp3) is 0.923. The summed E-state index contributed by atoms with van der Waals surface area (Å²) in [5.74, 6) is 0.944. The number of aliphatic carboxylic acids is 1. The van der Waals surface area contributed by atoms with Gasteiger partial charge in [-0.15, -0.1) is 0 Å². The van der Waals surface area contributed by atoms with Crippen molar-refractivity contribution in [2.24, 2.45) is 5.92 Å². The van der Waals surface area contributed by atoms with E-state index in [1.807, 2.05) is 0 Å². The van der Waals surface area contributed by atoms with Gasteiger partial charge in [0.25, 0.3) is 0 Å². The molecule has 108 valence electrons. The molecule has 0 amide bonds. The molecule has 0 bridgehead atoms. The Balaban J connectivity index is 1.70. The summed E-state index contributed by atoms with van der Waals surface area (Å²) in [6.45, 7) is 2.10. The van der Waals surface area contributed by atoms with Gasteiger partial charge in [-0.25, -0.2) is 0 Å². The van der Waals surface area contributed by atoms with Gasteiger partial charge in [-0.3, -0.25) is 19.2 Å². The highest BCUT2D eigenvalue weighted by atomic mass is 32.2. The summed E-state index contributed by atoms with van der Waals surface area (Å²) in [6, 6.07) is 0.399. The lowest BCUT2D eigenvalue weighted by molar-refractivity contribution is -0.147. The number of carbonyl (C=O) groups is 1. The molecule has 1 unspecified atom stereocenters. The molecule has 19 heavy (non-hydrogen) atoms. The molecule has 3 fully saturated rings. The van der Waals surface area contributed by atoms with Crippen molar-refractivity contribution in [1.82, 2.24) is 10.2 Å². The topological polar surface area (TPSA) is 69.6 Å². The van der Waals surface area contributed by atoms with Crippen molar-refractivity contribution in [3.8, 4) is 0 Å². The predicted octanol–water partition coefficient (Wildman–Crippen LogP) is 0.0361. The zero-order chi connectivity index (χ0) is 13.5. The van der Waals surface area contributed by atoms with Crippen LogP contribution >= 0.6 is 0 Å². The Morgan fingerprint density at radius 3 is 2.37 bits per heavy atom. The van der Waals surface area contributed by atoms with Gasteiger partial charge < -0.3 is 5.11 Å². The molecule has 1 heterocycles. The number of hydrogen-bond acceptors (Lipinski definition) is 4. The minimum atomic E-state index is -0.764. The van der Waals surface area contributed by atoms with Gasteiger partial charge in [0.15, 0.2) is 0 Å². The molecule has 2 saturated carbocycles. The van der Waals surface area contributed by atoms with E-state index in [2.05, 4.69) is 10.2 Å². The normalized spacial score (nSPS) is 29.1. The quantitative estimate of drug-likeness (QED) is 0.721. The second-order valence-corrected chi connectivity index (χ2v) is 7.79. The Hall–Kier alpha value is -0.460.